The Bertz CT molecular complexity index is 1200. The second kappa shape index (κ2) is 7.96. The molecule has 8 heteroatoms. The summed E-state index contributed by atoms with van der Waals surface area (Å²) in [4.78, 5) is 11.0. The van der Waals surface area contributed by atoms with Crippen molar-refractivity contribution in [2.45, 2.75) is 18.9 Å². The highest BCUT2D eigenvalue weighted by molar-refractivity contribution is 5.98. The Morgan fingerprint density at radius 2 is 1.61 bits per heavy atom. The molecule has 0 radical (unpaired) electrons. The van der Waals surface area contributed by atoms with E-state index in [2.05, 4.69) is 21.9 Å². The van der Waals surface area contributed by atoms with Crippen molar-refractivity contribution in [2.24, 2.45) is 0 Å². The third-order valence-corrected chi connectivity index (χ3v) is 5.73. The van der Waals surface area contributed by atoms with E-state index in [0.29, 0.717) is 17.3 Å². The lowest BCUT2D eigenvalue weighted by molar-refractivity contribution is 0.215. The molecular weight excluding hydrogens is 395 g/mol. The molecule has 7 nitrogen and oxygen atoms in total. The van der Waals surface area contributed by atoms with Crippen LogP contribution in [0.15, 0.2) is 54.9 Å². The van der Waals surface area contributed by atoms with Crippen LogP contribution in [0.3, 0.4) is 0 Å². The summed E-state index contributed by atoms with van der Waals surface area (Å²) < 4.78 is 20.9. The minimum atomic E-state index is -0.297. The molecule has 0 bridgehead atoms. The number of hydrogen-bond donors (Lipinski definition) is 1. The van der Waals surface area contributed by atoms with Gasteiger partial charge in [-0.3, -0.25) is 0 Å². The third-order valence-electron chi connectivity index (χ3n) is 5.73. The zero-order valence-electron chi connectivity index (χ0n) is 17.2. The molecule has 0 spiro atoms. The van der Waals surface area contributed by atoms with Crippen LogP contribution in [0.5, 0.6) is 11.5 Å². The van der Waals surface area contributed by atoms with Crippen LogP contribution in [0.2, 0.25) is 0 Å². The topological polar surface area (TPSA) is 82.1 Å². The molecule has 2 aromatic heterocycles. The lowest BCUT2D eigenvalue weighted by Gasteiger charge is -2.29. The number of anilines is 1. The number of rotatable bonds is 4. The van der Waals surface area contributed by atoms with Gasteiger partial charge in [-0.2, -0.15) is 5.10 Å². The molecule has 1 saturated heterocycles. The number of nitrogens with zero attached hydrogens (tertiary/aromatic N) is 5. The Labute approximate surface area is 179 Å². The summed E-state index contributed by atoms with van der Waals surface area (Å²) in [5, 5.41) is 5.70. The highest BCUT2D eigenvalue weighted by Gasteiger charge is 2.25. The number of aromatic nitrogens is 4. The normalized spacial score (nSPS) is 15.4. The zero-order chi connectivity index (χ0) is 21.4. The van der Waals surface area contributed by atoms with Crippen molar-refractivity contribution in [1.82, 2.24) is 24.6 Å². The highest BCUT2D eigenvalue weighted by Crippen LogP contribution is 2.35. The van der Waals surface area contributed by atoms with Crippen molar-refractivity contribution in [3.05, 3.63) is 60.7 Å². The Morgan fingerprint density at radius 3 is 2.29 bits per heavy atom. The number of benzene rings is 2. The van der Waals surface area contributed by atoms with E-state index in [9.17, 15) is 4.39 Å². The van der Waals surface area contributed by atoms with Gasteiger partial charge in [0.2, 0.25) is 0 Å². The number of hydrogen-bond acceptors (Lipinski definition) is 6. The number of ether oxygens (including phenoxy) is 1. The SMILES string of the molecule is CN1CCC(n2nc(-c3ccc(Oc4ccc(F)cc4)cc3)c3c(N)ncnc32)CC1. The van der Waals surface area contributed by atoms with Gasteiger partial charge in [0.25, 0.3) is 0 Å². The maximum Gasteiger partial charge on any atom is 0.164 e. The fourth-order valence-corrected chi connectivity index (χ4v) is 4.01. The summed E-state index contributed by atoms with van der Waals surface area (Å²) in [7, 11) is 2.14. The molecule has 0 atom stereocenters. The molecule has 0 aliphatic carbocycles. The summed E-state index contributed by atoms with van der Waals surface area (Å²) in [5.41, 5.74) is 8.67. The van der Waals surface area contributed by atoms with E-state index in [-0.39, 0.29) is 11.9 Å². The Balaban J connectivity index is 1.49. The molecule has 0 saturated carbocycles. The van der Waals surface area contributed by atoms with Crippen LogP contribution in [-0.4, -0.2) is 44.8 Å². The van der Waals surface area contributed by atoms with Gasteiger partial charge in [0.15, 0.2) is 5.65 Å². The van der Waals surface area contributed by atoms with E-state index in [4.69, 9.17) is 15.6 Å². The zero-order valence-corrected chi connectivity index (χ0v) is 17.2. The highest BCUT2D eigenvalue weighted by atomic mass is 19.1. The molecule has 0 amide bonds. The van der Waals surface area contributed by atoms with Gasteiger partial charge in [0, 0.05) is 5.56 Å². The van der Waals surface area contributed by atoms with Gasteiger partial charge in [-0.25, -0.2) is 19.0 Å². The Morgan fingerprint density at radius 1 is 0.968 bits per heavy atom. The molecule has 1 fully saturated rings. The van der Waals surface area contributed by atoms with Crippen LogP contribution in [0, 0.1) is 5.82 Å². The summed E-state index contributed by atoms with van der Waals surface area (Å²) in [5.74, 6) is 1.35. The van der Waals surface area contributed by atoms with Crippen LogP contribution < -0.4 is 10.5 Å². The van der Waals surface area contributed by atoms with E-state index >= 15 is 0 Å². The van der Waals surface area contributed by atoms with E-state index in [1.807, 2.05) is 28.9 Å². The van der Waals surface area contributed by atoms with E-state index in [0.717, 1.165) is 48.2 Å². The van der Waals surface area contributed by atoms with Crippen molar-refractivity contribution in [3.63, 3.8) is 0 Å². The van der Waals surface area contributed by atoms with Crippen molar-refractivity contribution in [2.75, 3.05) is 25.9 Å². The number of likely N-dealkylation sites (tertiary alicyclic amines) is 1. The van der Waals surface area contributed by atoms with Gasteiger partial charge >= 0.3 is 0 Å². The molecule has 4 aromatic rings. The Hall–Kier alpha value is -3.52. The Kier molecular flexibility index (Phi) is 4.99. The number of halogens is 1. The first-order valence-corrected chi connectivity index (χ1v) is 10.3. The predicted molar refractivity (Wildman–Crippen MR) is 117 cm³/mol. The second-order valence-corrected chi connectivity index (χ2v) is 7.87. The molecule has 5 rings (SSSR count). The first kappa shape index (κ1) is 19.4. The number of nitrogen functional groups attached to an aromatic ring is 1. The first-order chi connectivity index (χ1) is 15.1. The summed E-state index contributed by atoms with van der Waals surface area (Å²) in [6.07, 6.45) is 3.52. The van der Waals surface area contributed by atoms with Crippen LogP contribution in [0.25, 0.3) is 22.3 Å². The monoisotopic (exact) mass is 418 g/mol. The fraction of sp³-hybridized carbons (Fsp3) is 0.261. The molecule has 3 heterocycles. The standard InChI is InChI=1S/C23H23FN6O/c1-29-12-10-17(11-13-29)30-23-20(22(25)26-14-27-23)21(28-30)15-2-6-18(7-3-15)31-19-8-4-16(24)5-9-19/h2-9,14,17H,10-13H2,1H3,(H2,25,26,27). The molecule has 31 heavy (non-hydrogen) atoms. The van der Waals surface area contributed by atoms with Gasteiger partial charge in [-0.05, 0) is 81.5 Å². The lowest BCUT2D eigenvalue weighted by atomic mass is 10.1. The molecule has 1 aliphatic rings. The smallest absolute Gasteiger partial charge is 0.164 e. The van der Waals surface area contributed by atoms with E-state index < -0.39 is 0 Å². The largest absolute Gasteiger partial charge is 0.457 e. The number of fused-ring (bicyclic) bond motifs is 1. The van der Waals surface area contributed by atoms with Crippen molar-refractivity contribution in [3.8, 4) is 22.8 Å². The average Bonchev–Trinajstić information content (AvgIpc) is 3.17. The van der Waals surface area contributed by atoms with Gasteiger partial charge in [0.1, 0.15) is 35.2 Å². The van der Waals surface area contributed by atoms with E-state index in [1.165, 1.54) is 18.5 Å². The van der Waals surface area contributed by atoms with Gasteiger partial charge in [-0.1, -0.05) is 0 Å². The van der Waals surface area contributed by atoms with Gasteiger partial charge in [0.05, 0.1) is 11.4 Å². The predicted octanol–water partition coefficient (Wildman–Crippen LogP) is 4.27. The van der Waals surface area contributed by atoms with Crippen LogP contribution in [0.1, 0.15) is 18.9 Å². The molecule has 0 unspecified atom stereocenters. The minimum Gasteiger partial charge on any atom is -0.457 e. The van der Waals surface area contributed by atoms with Gasteiger partial charge < -0.3 is 15.4 Å². The van der Waals surface area contributed by atoms with Crippen molar-refractivity contribution in [1.29, 1.82) is 0 Å². The summed E-state index contributed by atoms with van der Waals surface area (Å²) >= 11 is 0. The fourth-order valence-electron chi connectivity index (χ4n) is 4.01. The van der Waals surface area contributed by atoms with Crippen LogP contribution in [0.4, 0.5) is 10.2 Å². The first-order valence-electron chi connectivity index (χ1n) is 10.3. The van der Waals surface area contributed by atoms with Crippen LogP contribution in [-0.2, 0) is 0 Å². The maximum atomic E-state index is 13.1. The molecule has 158 valence electrons. The van der Waals surface area contributed by atoms with Crippen molar-refractivity contribution >= 4 is 16.9 Å². The third kappa shape index (κ3) is 3.82. The average molecular weight is 418 g/mol. The maximum absolute atomic E-state index is 13.1. The molecule has 2 aromatic carbocycles. The quantitative estimate of drug-likeness (QED) is 0.533. The number of piperidine rings is 1. The lowest BCUT2D eigenvalue weighted by Crippen LogP contribution is -2.31. The number of nitrogens with two attached hydrogens (primary N) is 1. The molecular formula is C23H23FN6O. The van der Waals surface area contributed by atoms with Crippen molar-refractivity contribution < 1.29 is 9.13 Å². The summed E-state index contributed by atoms with van der Waals surface area (Å²) in [6.45, 7) is 2.05. The van der Waals surface area contributed by atoms with Gasteiger partial charge in [-0.15, -0.1) is 0 Å². The molecule has 1 aliphatic heterocycles. The second-order valence-electron chi connectivity index (χ2n) is 7.87. The van der Waals surface area contributed by atoms with Crippen LogP contribution >= 0.6 is 0 Å². The molecule has 2 N–H and O–H groups in total. The van der Waals surface area contributed by atoms with E-state index in [1.54, 1.807) is 12.1 Å². The minimum absolute atomic E-state index is 0.280. The summed E-state index contributed by atoms with van der Waals surface area (Å²) in [6, 6.07) is 13.8.